The Morgan fingerprint density at radius 1 is 1.07 bits per heavy atom. The van der Waals surface area contributed by atoms with Crippen molar-refractivity contribution in [2.45, 2.75) is 32.9 Å². The Kier molecular flexibility index (Phi) is 6.20. The van der Waals surface area contributed by atoms with Gasteiger partial charge in [0.25, 0.3) is 5.91 Å². The number of aromatic nitrogens is 3. The van der Waals surface area contributed by atoms with Crippen LogP contribution in [0.5, 0.6) is 0 Å². The highest BCUT2D eigenvalue weighted by Crippen LogP contribution is 2.16. The Labute approximate surface area is 167 Å². The molecule has 2 aromatic heterocycles. The molecule has 0 saturated carbocycles. The van der Waals surface area contributed by atoms with Crippen LogP contribution in [-0.2, 0) is 4.79 Å². The maximum absolute atomic E-state index is 12.8. The van der Waals surface area contributed by atoms with E-state index in [0.29, 0.717) is 4.88 Å². The number of amides is 2. The molecule has 2 amide bonds. The van der Waals surface area contributed by atoms with E-state index >= 15 is 0 Å². The van der Waals surface area contributed by atoms with Gasteiger partial charge >= 0.3 is 0 Å². The van der Waals surface area contributed by atoms with Crippen molar-refractivity contribution in [1.82, 2.24) is 25.4 Å². The lowest BCUT2D eigenvalue weighted by Gasteiger charge is -2.24. The lowest BCUT2D eigenvalue weighted by Crippen LogP contribution is -2.50. The molecular formula is C20H23N5O2S. The minimum absolute atomic E-state index is 0.0363. The van der Waals surface area contributed by atoms with Crippen LogP contribution in [0.25, 0.3) is 5.69 Å². The van der Waals surface area contributed by atoms with E-state index in [-0.39, 0.29) is 23.8 Å². The summed E-state index contributed by atoms with van der Waals surface area (Å²) in [6, 6.07) is 10.5. The molecule has 0 spiro atoms. The zero-order chi connectivity index (χ0) is 20.1. The lowest BCUT2D eigenvalue weighted by atomic mass is 10.0. The van der Waals surface area contributed by atoms with Gasteiger partial charge in [0, 0.05) is 0 Å². The summed E-state index contributed by atoms with van der Waals surface area (Å²) in [4.78, 5) is 29.6. The number of carbonyl (C=O) groups excluding carboxylic acids is 2. The average Bonchev–Trinajstić information content (AvgIpc) is 3.39. The summed E-state index contributed by atoms with van der Waals surface area (Å²) >= 11 is 1.35. The molecule has 0 aliphatic carbocycles. The third-order valence-corrected chi connectivity index (χ3v) is 5.28. The molecule has 2 heterocycles. The largest absolute Gasteiger partial charge is 0.348 e. The highest BCUT2D eigenvalue weighted by Gasteiger charge is 2.26. The molecule has 0 saturated heterocycles. The minimum atomic E-state index is -0.605. The molecule has 3 aromatic rings. The Morgan fingerprint density at radius 2 is 1.82 bits per heavy atom. The van der Waals surface area contributed by atoms with Crippen molar-refractivity contribution in [2.24, 2.45) is 5.92 Å². The Hall–Kier alpha value is -3.00. The van der Waals surface area contributed by atoms with Crippen molar-refractivity contribution in [2.75, 3.05) is 0 Å². The molecule has 2 atom stereocenters. The van der Waals surface area contributed by atoms with Crippen LogP contribution in [0, 0.1) is 5.92 Å². The van der Waals surface area contributed by atoms with Gasteiger partial charge in [0.15, 0.2) is 0 Å². The predicted octanol–water partition coefficient (Wildman–Crippen LogP) is 2.96. The van der Waals surface area contributed by atoms with Gasteiger partial charge in [-0.3, -0.25) is 9.59 Å². The maximum atomic E-state index is 12.8. The van der Waals surface area contributed by atoms with E-state index in [2.05, 4.69) is 20.7 Å². The summed E-state index contributed by atoms with van der Waals surface area (Å²) in [7, 11) is 0. The lowest BCUT2D eigenvalue weighted by molar-refractivity contribution is -0.124. The molecular weight excluding hydrogens is 374 g/mol. The van der Waals surface area contributed by atoms with Crippen molar-refractivity contribution in [3.05, 3.63) is 64.9 Å². The molecule has 28 heavy (non-hydrogen) atoms. The van der Waals surface area contributed by atoms with E-state index in [0.717, 1.165) is 11.3 Å². The molecule has 0 radical (unpaired) electrons. The number of hydrogen-bond acceptors (Lipinski definition) is 5. The van der Waals surface area contributed by atoms with Gasteiger partial charge in [-0.2, -0.15) is 5.10 Å². The normalized spacial score (nSPS) is 13.1. The van der Waals surface area contributed by atoms with E-state index < -0.39 is 6.04 Å². The maximum Gasteiger partial charge on any atom is 0.262 e. The van der Waals surface area contributed by atoms with Crippen molar-refractivity contribution >= 4 is 23.2 Å². The molecule has 8 heteroatoms. The van der Waals surface area contributed by atoms with Gasteiger partial charge in [0.05, 0.1) is 16.6 Å². The Bertz CT molecular complexity index is 905. The summed E-state index contributed by atoms with van der Waals surface area (Å²) < 4.78 is 1.67. The third kappa shape index (κ3) is 4.64. The van der Waals surface area contributed by atoms with E-state index in [4.69, 9.17) is 0 Å². The fraction of sp³-hybridized carbons (Fsp3) is 0.300. The summed E-state index contributed by atoms with van der Waals surface area (Å²) in [5.41, 5.74) is 1.85. The predicted molar refractivity (Wildman–Crippen MR) is 108 cm³/mol. The molecule has 0 aliphatic rings. The number of nitrogens with zero attached hydrogens (tertiary/aromatic N) is 3. The fourth-order valence-corrected chi connectivity index (χ4v) is 3.43. The zero-order valence-corrected chi connectivity index (χ0v) is 16.8. The van der Waals surface area contributed by atoms with Gasteiger partial charge in [0.2, 0.25) is 5.91 Å². The highest BCUT2D eigenvalue weighted by molar-refractivity contribution is 7.12. The first kappa shape index (κ1) is 19.8. The Balaban J connectivity index is 1.64. The van der Waals surface area contributed by atoms with E-state index in [1.807, 2.05) is 56.5 Å². The molecule has 0 fully saturated rings. The summed E-state index contributed by atoms with van der Waals surface area (Å²) in [5.74, 6) is -0.466. The summed E-state index contributed by atoms with van der Waals surface area (Å²) in [6.45, 7) is 5.74. The number of carbonyl (C=O) groups is 2. The van der Waals surface area contributed by atoms with Crippen LogP contribution in [0.15, 0.2) is 54.4 Å². The quantitative estimate of drug-likeness (QED) is 0.641. The monoisotopic (exact) mass is 397 g/mol. The highest BCUT2D eigenvalue weighted by atomic mass is 32.1. The summed E-state index contributed by atoms with van der Waals surface area (Å²) in [6.07, 6.45) is 3.11. The molecule has 0 aliphatic heterocycles. The molecule has 1 aromatic carbocycles. The second-order valence-corrected chi connectivity index (χ2v) is 7.78. The van der Waals surface area contributed by atoms with Crippen LogP contribution < -0.4 is 10.6 Å². The molecule has 2 unspecified atom stereocenters. The molecule has 3 rings (SSSR count). The second kappa shape index (κ2) is 8.79. The Morgan fingerprint density at radius 3 is 2.39 bits per heavy atom. The van der Waals surface area contributed by atoms with Crippen molar-refractivity contribution in [3.63, 3.8) is 0 Å². The standard InChI is InChI=1S/C20H23N5O2S/c1-13(2)18(24-19(26)17-5-4-10-28-17)20(27)23-14(3)15-6-8-16(9-7-15)25-12-21-11-22-25/h4-14,18H,1-3H3,(H,23,27)(H,24,26). The smallest absolute Gasteiger partial charge is 0.262 e. The number of thiophene rings is 1. The fourth-order valence-electron chi connectivity index (χ4n) is 2.80. The first-order chi connectivity index (χ1) is 13.5. The van der Waals surface area contributed by atoms with Gasteiger partial charge in [-0.15, -0.1) is 11.3 Å². The van der Waals surface area contributed by atoms with Gasteiger partial charge in [-0.25, -0.2) is 9.67 Å². The molecule has 0 bridgehead atoms. The van der Waals surface area contributed by atoms with E-state index in [1.165, 1.54) is 17.7 Å². The van der Waals surface area contributed by atoms with Crippen LogP contribution >= 0.6 is 11.3 Å². The molecule has 2 N–H and O–H groups in total. The topological polar surface area (TPSA) is 88.9 Å². The van der Waals surface area contributed by atoms with E-state index in [1.54, 1.807) is 17.1 Å². The third-order valence-electron chi connectivity index (χ3n) is 4.42. The first-order valence-electron chi connectivity index (χ1n) is 9.05. The number of benzene rings is 1. The van der Waals surface area contributed by atoms with Gasteiger partial charge in [-0.05, 0) is 42.0 Å². The number of nitrogens with one attached hydrogen (secondary N) is 2. The minimum Gasteiger partial charge on any atom is -0.348 e. The van der Waals surface area contributed by atoms with Crippen LogP contribution in [0.4, 0.5) is 0 Å². The van der Waals surface area contributed by atoms with Crippen LogP contribution in [0.2, 0.25) is 0 Å². The van der Waals surface area contributed by atoms with Gasteiger partial charge < -0.3 is 10.6 Å². The second-order valence-electron chi connectivity index (χ2n) is 6.83. The zero-order valence-electron chi connectivity index (χ0n) is 16.0. The number of rotatable bonds is 7. The summed E-state index contributed by atoms with van der Waals surface area (Å²) in [5, 5.41) is 11.8. The number of hydrogen-bond donors (Lipinski definition) is 2. The van der Waals surface area contributed by atoms with Crippen LogP contribution in [0.1, 0.15) is 42.0 Å². The molecule has 7 nitrogen and oxygen atoms in total. The van der Waals surface area contributed by atoms with Gasteiger partial charge in [0.1, 0.15) is 18.7 Å². The van der Waals surface area contributed by atoms with Crippen molar-refractivity contribution < 1.29 is 9.59 Å². The first-order valence-corrected chi connectivity index (χ1v) is 9.93. The van der Waals surface area contributed by atoms with Crippen molar-refractivity contribution in [3.8, 4) is 5.69 Å². The van der Waals surface area contributed by atoms with Crippen LogP contribution in [0.3, 0.4) is 0 Å². The van der Waals surface area contributed by atoms with Crippen LogP contribution in [-0.4, -0.2) is 32.6 Å². The van der Waals surface area contributed by atoms with Crippen molar-refractivity contribution in [1.29, 1.82) is 0 Å². The SMILES string of the molecule is CC(NC(=O)C(NC(=O)c1cccs1)C(C)C)c1ccc(-n2cncn2)cc1. The van der Waals surface area contributed by atoms with E-state index in [9.17, 15) is 9.59 Å². The average molecular weight is 398 g/mol. The van der Waals surface area contributed by atoms with Gasteiger partial charge in [-0.1, -0.05) is 32.0 Å². The molecule has 146 valence electrons.